The van der Waals surface area contributed by atoms with Crippen LogP contribution in [0.3, 0.4) is 0 Å². The molecular formula is C23H25N5O3S. The maximum Gasteiger partial charge on any atom is 0.253 e. The normalized spacial score (nSPS) is 14.4. The van der Waals surface area contributed by atoms with Crippen molar-refractivity contribution in [2.45, 2.75) is 13.3 Å². The van der Waals surface area contributed by atoms with Gasteiger partial charge >= 0.3 is 0 Å². The molecule has 0 spiro atoms. The number of carbonyl (C=O) groups excluding carboxylic acids is 3. The van der Waals surface area contributed by atoms with Crippen LogP contribution in [-0.2, 0) is 16.0 Å². The van der Waals surface area contributed by atoms with E-state index in [2.05, 4.69) is 27.6 Å². The van der Waals surface area contributed by atoms with Crippen LogP contribution < -0.4 is 10.6 Å². The molecule has 0 saturated carbocycles. The molecule has 0 bridgehead atoms. The molecule has 3 aromatic rings. The molecule has 9 heteroatoms. The first-order valence-corrected chi connectivity index (χ1v) is 11.2. The van der Waals surface area contributed by atoms with Crippen LogP contribution in [0.1, 0.15) is 22.8 Å². The number of aromatic nitrogens is 1. The Balaban J connectivity index is 1.39. The predicted molar refractivity (Wildman–Crippen MR) is 126 cm³/mol. The van der Waals surface area contributed by atoms with Crippen molar-refractivity contribution in [2.24, 2.45) is 0 Å². The van der Waals surface area contributed by atoms with E-state index < -0.39 is 0 Å². The molecule has 166 valence electrons. The fraction of sp³-hybridized carbons (Fsp3) is 0.304. The van der Waals surface area contributed by atoms with Crippen molar-refractivity contribution in [1.82, 2.24) is 14.8 Å². The number of rotatable bonds is 5. The van der Waals surface area contributed by atoms with Crippen molar-refractivity contribution < 1.29 is 14.4 Å². The molecule has 0 radical (unpaired) electrons. The van der Waals surface area contributed by atoms with Crippen LogP contribution in [-0.4, -0.2) is 65.7 Å². The third-order valence-electron chi connectivity index (χ3n) is 5.31. The number of nitrogens with zero attached hydrogens (tertiary/aromatic N) is 3. The number of amides is 3. The van der Waals surface area contributed by atoms with E-state index in [0.29, 0.717) is 16.4 Å². The average Bonchev–Trinajstić information content (AvgIpc) is 3.16. The van der Waals surface area contributed by atoms with Gasteiger partial charge in [-0.05, 0) is 42.9 Å². The fourth-order valence-electron chi connectivity index (χ4n) is 3.56. The number of thiazole rings is 1. The number of fused-ring (bicyclic) bond motifs is 1. The quantitative estimate of drug-likeness (QED) is 0.622. The van der Waals surface area contributed by atoms with Crippen LogP contribution in [0.25, 0.3) is 10.2 Å². The van der Waals surface area contributed by atoms with E-state index in [1.165, 1.54) is 18.3 Å². The Hall–Kier alpha value is -3.30. The Kier molecular flexibility index (Phi) is 6.48. The van der Waals surface area contributed by atoms with Gasteiger partial charge in [-0.3, -0.25) is 14.4 Å². The van der Waals surface area contributed by atoms with Gasteiger partial charge in [0.25, 0.3) is 5.91 Å². The van der Waals surface area contributed by atoms with Gasteiger partial charge in [-0.15, -0.1) is 0 Å². The van der Waals surface area contributed by atoms with Crippen LogP contribution in [0.2, 0.25) is 0 Å². The monoisotopic (exact) mass is 451 g/mol. The number of anilines is 2. The second kappa shape index (κ2) is 9.46. The Bertz CT molecular complexity index is 1150. The zero-order valence-corrected chi connectivity index (χ0v) is 18.9. The first-order valence-electron chi connectivity index (χ1n) is 10.4. The molecule has 0 unspecified atom stereocenters. The first-order chi connectivity index (χ1) is 15.4. The van der Waals surface area contributed by atoms with E-state index in [4.69, 9.17) is 0 Å². The number of hydrogen-bond donors (Lipinski definition) is 2. The number of hydrogen-bond acceptors (Lipinski definition) is 6. The van der Waals surface area contributed by atoms with Crippen LogP contribution in [0.15, 0.2) is 42.5 Å². The highest BCUT2D eigenvalue weighted by atomic mass is 32.1. The lowest BCUT2D eigenvalue weighted by atomic mass is 10.1. The van der Waals surface area contributed by atoms with E-state index in [1.54, 1.807) is 30.3 Å². The Labute approximate surface area is 190 Å². The van der Waals surface area contributed by atoms with Gasteiger partial charge in [0.05, 0.1) is 16.6 Å². The minimum atomic E-state index is -0.176. The molecule has 0 atom stereocenters. The summed E-state index contributed by atoms with van der Waals surface area (Å²) >= 11 is 1.35. The van der Waals surface area contributed by atoms with Gasteiger partial charge in [0.2, 0.25) is 11.8 Å². The molecule has 2 N–H and O–H groups in total. The molecule has 32 heavy (non-hydrogen) atoms. The third-order valence-corrected chi connectivity index (χ3v) is 6.24. The number of carbonyl (C=O) groups is 3. The van der Waals surface area contributed by atoms with Crippen molar-refractivity contribution >= 4 is 50.1 Å². The molecule has 1 fully saturated rings. The summed E-state index contributed by atoms with van der Waals surface area (Å²) in [5.41, 5.74) is 2.91. The highest BCUT2D eigenvalue weighted by Gasteiger charge is 2.21. The summed E-state index contributed by atoms with van der Waals surface area (Å²) in [5, 5.41) is 6.04. The number of piperazine rings is 1. The second-order valence-electron chi connectivity index (χ2n) is 7.90. The lowest BCUT2D eigenvalue weighted by Gasteiger charge is -2.32. The van der Waals surface area contributed by atoms with Gasteiger partial charge in [0.1, 0.15) is 0 Å². The van der Waals surface area contributed by atoms with Crippen LogP contribution >= 0.6 is 11.3 Å². The molecule has 8 nitrogen and oxygen atoms in total. The SMILES string of the molecule is CC(=O)Nc1ccc(CC(=O)Nc2nc3ccc(C(=O)N4CCN(C)CC4)cc3s2)cc1. The minimum absolute atomic E-state index is 0.0293. The lowest BCUT2D eigenvalue weighted by molar-refractivity contribution is -0.116. The van der Waals surface area contributed by atoms with Crippen LogP contribution in [0.5, 0.6) is 0 Å². The molecule has 1 saturated heterocycles. The largest absolute Gasteiger partial charge is 0.336 e. The summed E-state index contributed by atoms with van der Waals surface area (Å²) in [6, 6.07) is 12.6. The fourth-order valence-corrected chi connectivity index (χ4v) is 4.48. The summed E-state index contributed by atoms with van der Waals surface area (Å²) < 4.78 is 0.861. The summed E-state index contributed by atoms with van der Waals surface area (Å²) in [7, 11) is 2.06. The lowest BCUT2D eigenvalue weighted by Crippen LogP contribution is -2.47. The van der Waals surface area contributed by atoms with Gasteiger partial charge in [-0.1, -0.05) is 23.5 Å². The molecule has 1 aliphatic rings. The zero-order valence-electron chi connectivity index (χ0n) is 18.1. The van der Waals surface area contributed by atoms with E-state index >= 15 is 0 Å². The highest BCUT2D eigenvalue weighted by Crippen LogP contribution is 2.27. The van der Waals surface area contributed by atoms with Gasteiger partial charge in [0.15, 0.2) is 5.13 Å². The van der Waals surface area contributed by atoms with Crippen LogP contribution in [0, 0.1) is 0 Å². The van der Waals surface area contributed by atoms with Crippen molar-refractivity contribution in [1.29, 1.82) is 0 Å². The minimum Gasteiger partial charge on any atom is -0.336 e. The predicted octanol–water partition coefficient (Wildman–Crippen LogP) is 2.82. The number of nitrogens with one attached hydrogen (secondary N) is 2. The molecule has 1 aromatic heterocycles. The Morgan fingerprint density at radius 2 is 1.72 bits per heavy atom. The van der Waals surface area contributed by atoms with E-state index in [9.17, 15) is 14.4 Å². The van der Waals surface area contributed by atoms with Gasteiger partial charge in [-0.25, -0.2) is 4.98 Å². The van der Waals surface area contributed by atoms with Crippen LogP contribution in [0.4, 0.5) is 10.8 Å². The van der Waals surface area contributed by atoms with Crippen molar-refractivity contribution in [3.8, 4) is 0 Å². The average molecular weight is 452 g/mol. The topological polar surface area (TPSA) is 94.6 Å². The molecule has 2 heterocycles. The molecule has 0 aliphatic carbocycles. The highest BCUT2D eigenvalue weighted by molar-refractivity contribution is 7.22. The smallest absolute Gasteiger partial charge is 0.253 e. The summed E-state index contributed by atoms with van der Waals surface area (Å²) in [5.74, 6) is -0.286. The molecular weight excluding hydrogens is 426 g/mol. The standard InChI is InChI=1S/C23H25N5O3S/c1-15(29)24-18-6-3-16(4-7-18)13-21(30)26-23-25-19-8-5-17(14-20(19)32-23)22(31)28-11-9-27(2)10-12-28/h3-8,14H,9-13H2,1-2H3,(H,24,29)(H,25,26,30). The Morgan fingerprint density at radius 1 is 1.00 bits per heavy atom. The maximum absolute atomic E-state index is 12.8. The number of likely N-dealkylation sites (N-methyl/N-ethyl adjacent to an activating group) is 1. The molecule has 3 amide bonds. The van der Waals surface area contributed by atoms with Crippen molar-refractivity contribution in [3.63, 3.8) is 0 Å². The number of benzene rings is 2. The summed E-state index contributed by atoms with van der Waals surface area (Å²) in [6.45, 7) is 4.65. The third kappa shape index (κ3) is 5.30. The van der Waals surface area contributed by atoms with Crippen molar-refractivity contribution in [3.05, 3.63) is 53.6 Å². The molecule has 4 rings (SSSR count). The molecule has 1 aliphatic heterocycles. The van der Waals surface area contributed by atoms with Gasteiger partial charge < -0.3 is 20.4 Å². The van der Waals surface area contributed by atoms with E-state index in [0.717, 1.165) is 42.0 Å². The van der Waals surface area contributed by atoms with Crippen molar-refractivity contribution in [2.75, 3.05) is 43.9 Å². The maximum atomic E-state index is 12.8. The zero-order chi connectivity index (χ0) is 22.7. The first kappa shape index (κ1) is 21.9. The van der Waals surface area contributed by atoms with E-state index in [1.807, 2.05) is 17.0 Å². The second-order valence-corrected chi connectivity index (χ2v) is 8.93. The Morgan fingerprint density at radius 3 is 2.41 bits per heavy atom. The van der Waals surface area contributed by atoms with E-state index in [-0.39, 0.29) is 24.1 Å². The van der Waals surface area contributed by atoms with Gasteiger partial charge in [0, 0.05) is 44.4 Å². The van der Waals surface area contributed by atoms with Gasteiger partial charge in [-0.2, -0.15) is 0 Å². The molecule has 2 aromatic carbocycles. The summed E-state index contributed by atoms with van der Waals surface area (Å²) in [6.07, 6.45) is 0.198. The summed E-state index contributed by atoms with van der Waals surface area (Å²) in [4.78, 5) is 44.9.